The first-order valence-electron chi connectivity index (χ1n) is 11.6. The Bertz CT molecular complexity index is 673. The Balaban J connectivity index is 3.32. The molecule has 0 spiro atoms. The summed E-state index contributed by atoms with van der Waals surface area (Å²) in [6, 6.07) is 0. The molecule has 190 valence electrons. The summed E-state index contributed by atoms with van der Waals surface area (Å²) >= 11 is 0. The zero-order chi connectivity index (χ0) is 25.1. The minimum Gasteiger partial charge on any atom is -0.466 e. The van der Waals surface area contributed by atoms with Crippen LogP contribution in [0, 0.1) is 5.41 Å². The molecular weight excluding hydrogens is 432 g/mol. The van der Waals surface area contributed by atoms with E-state index in [1.165, 1.54) is 20.3 Å². The number of carbonyl (C=O) groups excluding carboxylic acids is 3. The average molecular weight is 473 g/mol. The van der Waals surface area contributed by atoms with E-state index in [0.717, 1.165) is 25.7 Å². The molecule has 1 aliphatic heterocycles. The van der Waals surface area contributed by atoms with Gasteiger partial charge in [-0.2, -0.15) is 0 Å². The normalized spacial score (nSPS) is 25.5. The molecule has 33 heavy (non-hydrogen) atoms. The van der Waals surface area contributed by atoms with Gasteiger partial charge in [0.2, 0.25) is 5.79 Å². The maximum atomic E-state index is 12.7. The minimum atomic E-state index is -1.76. The van der Waals surface area contributed by atoms with Crippen LogP contribution in [0.5, 0.6) is 0 Å². The van der Waals surface area contributed by atoms with Crippen LogP contribution < -0.4 is 0 Å². The highest BCUT2D eigenvalue weighted by molar-refractivity contribution is 5.83. The molecule has 0 radical (unpaired) electrons. The van der Waals surface area contributed by atoms with Gasteiger partial charge in [0.05, 0.1) is 31.3 Å². The van der Waals surface area contributed by atoms with E-state index in [9.17, 15) is 24.6 Å². The van der Waals surface area contributed by atoms with E-state index in [-0.39, 0.29) is 19.3 Å². The number of hydrogen-bond donors (Lipinski definition) is 2. The Morgan fingerprint density at radius 2 is 1.91 bits per heavy atom. The maximum absolute atomic E-state index is 12.7. The number of esters is 2. The first-order valence-corrected chi connectivity index (χ1v) is 11.6. The zero-order valence-corrected chi connectivity index (χ0v) is 20.5. The average Bonchev–Trinajstić information content (AvgIpc) is 2.79. The number of aldehydes is 1. The van der Waals surface area contributed by atoms with Crippen molar-refractivity contribution in [3.63, 3.8) is 0 Å². The van der Waals surface area contributed by atoms with Gasteiger partial charge >= 0.3 is 11.9 Å². The van der Waals surface area contributed by atoms with Crippen molar-refractivity contribution < 1.29 is 43.5 Å². The third-order valence-electron chi connectivity index (χ3n) is 5.97. The van der Waals surface area contributed by atoms with Gasteiger partial charge in [0.15, 0.2) is 6.10 Å². The molecule has 1 aliphatic rings. The van der Waals surface area contributed by atoms with E-state index in [2.05, 4.69) is 6.92 Å². The third-order valence-corrected chi connectivity index (χ3v) is 5.97. The van der Waals surface area contributed by atoms with Gasteiger partial charge in [-0.05, 0) is 32.3 Å². The number of aliphatic hydroxyl groups excluding tert-OH is 2. The molecule has 9 nitrogen and oxygen atoms in total. The predicted octanol–water partition coefficient (Wildman–Crippen LogP) is 2.46. The lowest BCUT2D eigenvalue weighted by Crippen LogP contribution is -2.64. The molecule has 1 unspecified atom stereocenters. The van der Waals surface area contributed by atoms with Crippen LogP contribution in [0.2, 0.25) is 0 Å². The molecule has 1 saturated heterocycles. The van der Waals surface area contributed by atoms with Gasteiger partial charge in [0.25, 0.3) is 0 Å². The van der Waals surface area contributed by atoms with Crippen LogP contribution in [0.25, 0.3) is 0 Å². The quantitative estimate of drug-likeness (QED) is 0.169. The van der Waals surface area contributed by atoms with Gasteiger partial charge < -0.3 is 34.0 Å². The van der Waals surface area contributed by atoms with Gasteiger partial charge in [-0.1, -0.05) is 32.6 Å². The van der Waals surface area contributed by atoms with Crippen molar-refractivity contribution in [2.45, 2.75) is 96.2 Å². The number of ether oxygens (including phenoxy) is 4. The SMILES string of the molecule is CCCCCCCC(=O)O[C@H]1C(=CC(=O)OC)C[C@@H](CC(O)CO)O[C@@]1(OC)C(C)(C)C=O. The molecule has 4 atom stereocenters. The second-order valence-electron chi connectivity index (χ2n) is 9.00. The monoisotopic (exact) mass is 472 g/mol. The van der Waals surface area contributed by atoms with E-state index < -0.39 is 48.1 Å². The van der Waals surface area contributed by atoms with Crippen molar-refractivity contribution in [2.24, 2.45) is 5.41 Å². The second kappa shape index (κ2) is 13.8. The van der Waals surface area contributed by atoms with E-state index in [1.54, 1.807) is 13.8 Å². The van der Waals surface area contributed by atoms with Gasteiger partial charge in [0.1, 0.15) is 6.29 Å². The van der Waals surface area contributed by atoms with E-state index in [0.29, 0.717) is 18.3 Å². The van der Waals surface area contributed by atoms with E-state index in [4.69, 9.17) is 18.9 Å². The fourth-order valence-electron chi connectivity index (χ4n) is 4.03. The molecule has 0 aliphatic carbocycles. The van der Waals surface area contributed by atoms with E-state index in [1.807, 2.05) is 0 Å². The topological polar surface area (TPSA) is 129 Å². The third kappa shape index (κ3) is 7.88. The number of carbonyl (C=O) groups is 3. The minimum absolute atomic E-state index is 0.0210. The Hall–Kier alpha value is -1.81. The Morgan fingerprint density at radius 1 is 1.24 bits per heavy atom. The van der Waals surface area contributed by atoms with Crippen LogP contribution in [-0.4, -0.2) is 73.4 Å². The fourth-order valence-corrected chi connectivity index (χ4v) is 4.03. The van der Waals surface area contributed by atoms with Crippen molar-refractivity contribution in [1.82, 2.24) is 0 Å². The van der Waals surface area contributed by atoms with Gasteiger partial charge in [-0.3, -0.25) is 4.79 Å². The van der Waals surface area contributed by atoms with Crippen molar-refractivity contribution in [3.8, 4) is 0 Å². The first-order chi connectivity index (χ1) is 15.6. The number of hydrogen-bond acceptors (Lipinski definition) is 9. The van der Waals surface area contributed by atoms with Crippen LogP contribution in [0.4, 0.5) is 0 Å². The summed E-state index contributed by atoms with van der Waals surface area (Å²) in [6.45, 7) is 4.78. The molecule has 0 saturated carbocycles. The Morgan fingerprint density at radius 3 is 2.45 bits per heavy atom. The van der Waals surface area contributed by atoms with Gasteiger partial charge in [-0.25, -0.2) is 4.79 Å². The number of rotatable bonds is 14. The molecule has 0 bridgehead atoms. The molecule has 1 rings (SSSR count). The van der Waals surface area contributed by atoms with Crippen molar-refractivity contribution >= 4 is 18.2 Å². The smallest absolute Gasteiger partial charge is 0.330 e. The highest BCUT2D eigenvalue weighted by Gasteiger charge is 2.60. The number of aliphatic hydroxyl groups is 2. The lowest BCUT2D eigenvalue weighted by Gasteiger charge is -2.51. The van der Waals surface area contributed by atoms with Crippen LogP contribution in [-0.2, 0) is 33.3 Å². The first kappa shape index (κ1) is 29.2. The molecule has 1 heterocycles. The lowest BCUT2D eigenvalue weighted by atomic mass is 9.75. The molecule has 2 N–H and O–H groups in total. The standard InChI is InChI=1S/C24H40O9/c1-6-7-8-9-10-11-20(28)32-22-17(13-21(29)30-4)12-19(14-18(27)15-25)33-24(22,31-5)23(2,3)16-26/h13,16,18-19,22,25,27H,6-12,14-15H2,1-5H3/t18?,19-,22-,24+/m0/s1. The number of unbranched alkanes of at least 4 members (excludes halogenated alkanes) is 4. The molecule has 0 amide bonds. The summed E-state index contributed by atoms with van der Waals surface area (Å²) in [6.07, 6.45) is 3.94. The zero-order valence-electron chi connectivity index (χ0n) is 20.5. The van der Waals surface area contributed by atoms with Crippen LogP contribution in [0.15, 0.2) is 11.6 Å². The summed E-state index contributed by atoms with van der Waals surface area (Å²) in [4.78, 5) is 36.9. The summed E-state index contributed by atoms with van der Waals surface area (Å²) in [7, 11) is 2.55. The number of methoxy groups -OCH3 is 2. The largest absolute Gasteiger partial charge is 0.466 e. The summed E-state index contributed by atoms with van der Waals surface area (Å²) in [5.74, 6) is -2.92. The predicted molar refractivity (Wildman–Crippen MR) is 120 cm³/mol. The molecule has 0 aromatic heterocycles. The van der Waals surface area contributed by atoms with Gasteiger partial charge in [0, 0.05) is 26.0 Å². The van der Waals surface area contributed by atoms with Gasteiger partial charge in [-0.15, -0.1) is 0 Å². The van der Waals surface area contributed by atoms with Crippen LogP contribution in [0.1, 0.15) is 72.1 Å². The maximum Gasteiger partial charge on any atom is 0.330 e. The molecule has 0 aromatic rings. The molecule has 9 heteroatoms. The van der Waals surface area contributed by atoms with Crippen LogP contribution in [0.3, 0.4) is 0 Å². The lowest BCUT2D eigenvalue weighted by molar-refractivity contribution is -0.337. The van der Waals surface area contributed by atoms with Crippen molar-refractivity contribution in [3.05, 3.63) is 11.6 Å². The Labute approximate surface area is 196 Å². The summed E-state index contributed by atoms with van der Waals surface area (Å²) in [5, 5.41) is 19.2. The Kier molecular flexibility index (Phi) is 12.2. The van der Waals surface area contributed by atoms with Crippen LogP contribution >= 0.6 is 0 Å². The highest BCUT2D eigenvalue weighted by Crippen LogP contribution is 2.47. The summed E-state index contributed by atoms with van der Waals surface area (Å²) < 4.78 is 22.5. The van der Waals surface area contributed by atoms with E-state index >= 15 is 0 Å². The second-order valence-corrected chi connectivity index (χ2v) is 9.00. The molecule has 0 aromatic carbocycles. The highest BCUT2D eigenvalue weighted by atomic mass is 16.7. The van der Waals surface area contributed by atoms with Crippen molar-refractivity contribution in [2.75, 3.05) is 20.8 Å². The molecule has 1 fully saturated rings. The fraction of sp³-hybridized carbons (Fsp3) is 0.792. The molecular formula is C24H40O9. The summed E-state index contributed by atoms with van der Waals surface area (Å²) in [5.41, 5.74) is -0.953. The van der Waals surface area contributed by atoms with Crippen molar-refractivity contribution in [1.29, 1.82) is 0 Å².